The van der Waals surface area contributed by atoms with Crippen LogP contribution in [0.15, 0.2) is 0 Å². The van der Waals surface area contributed by atoms with Gasteiger partial charge in [-0.25, -0.2) is 0 Å². The highest BCUT2D eigenvalue weighted by atomic mass is 16.5. The summed E-state index contributed by atoms with van der Waals surface area (Å²) in [6.07, 6.45) is 6.72. The van der Waals surface area contributed by atoms with E-state index in [1.165, 1.54) is 25.7 Å². The quantitative estimate of drug-likeness (QED) is 0.636. The van der Waals surface area contributed by atoms with Crippen LogP contribution in [0.5, 0.6) is 0 Å². The average molecular weight is 199 g/mol. The molecule has 0 saturated heterocycles. The first kappa shape index (κ1) is 12.0. The Bertz CT molecular complexity index is 138. The summed E-state index contributed by atoms with van der Waals surface area (Å²) in [5, 5.41) is 3.66. The molecule has 2 unspecified atom stereocenters. The molecule has 14 heavy (non-hydrogen) atoms. The summed E-state index contributed by atoms with van der Waals surface area (Å²) in [4.78, 5) is 0. The minimum absolute atomic E-state index is 0.793. The van der Waals surface area contributed by atoms with Gasteiger partial charge in [0.2, 0.25) is 0 Å². The van der Waals surface area contributed by atoms with E-state index in [9.17, 15) is 0 Å². The molecule has 0 aromatic heterocycles. The minimum Gasteiger partial charge on any atom is -0.382 e. The Morgan fingerprint density at radius 3 is 2.86 bits per heavy atom. The van der Waals surface area contributed by atoms with E-state index in [2.05, 4.69) is 19.2 Å². The second-order valence-electron chi connectivity index (χ2n) is 4.21. The van der Waals surface area contributed by atoms with Crippen molar-refractivity contribution in [1.82, 2.24) is 5.32 Å². The van der Waals surface area contributed by atoms with Crippen LogP contribution in [0.3, 0.4) is 0 Å². The number of rotatable bonds is 7. The van der Waals surface area contributed by atoms with Gasteiger partial charge in [0.1, 0.15) is 0 Å². The number of hydrogen-bond acceptors (Lipinski definition) is 2. The van der Waals surface area contributed by atoms with Crippen LogP contribution < -0.4 is 5.32 Å². The molecule has 1 aliphatic rings. The number of ether oxygens (including phenoxy) is 1. The van der Waals surface area contributed by atoms with E-state index >= 15 is 0 Å². The lowest BCUT2D eigenvalue weighted by Crippen LogP contribution is -2.33. The Balaban J connectivity index is 2.00. The highest BCUT2D eigenvalue weighted by Crippen LogP contribution is 2.27. The largest absolute Gasteiger partial charge is 0.382 e. The second kappa shape index (κ2) is 7.24. The van der Waals surface area contributed by atoms with E-state index in [-0.39, 0.29) is 0 Å². The van der Waals surface area contributed by atoms with E-state index in [1.807, 2.05) is 0 Å². The van der Waals surface area contributed by atoms with Gasteiger partial charge in [-0.05, 0) is 38.6 Å². The smallest absolute Gasteiger partial charge is 0.0477 e. The lowest BCUT2D eigenvalue weighted by molar-refractivity contribution is 0.143. The fourth-order valence-corrected chi connectivity index (χ4v) is 2.40. The van der Waals surface area contributed by atoms with Gasteiger partial charge in [0.05, 0.1) is 0 Å². The molecule has 84 valence electrons. The zero-order valence-corrected chi connectivity index (χ0v) is 9.72. The third-order valence-corrected chi connectivity index (χ3v) is 3.26. The third kappa shape index (κ3) is 3.97. The summed E-state index contributed by atoms with van der Waals surface area (Å²) in [5.41, 5.74) is 0. The van der Waals surface area contributed by atoms with Gasteiger partial charge in [-0.3, -0.25) is 0 Å². The molecule has 0 aromatic carbocycles. The third-order valence-electron chi connectivity index (χ3n) is 3.26. The Labute approximate surface area is 88.4 Å². The molecule has 1 N–H and O–H groups in total. The lowest BCUT2D eigenvalue weighted by Gasteiger charge is -2.19. The summed E-state index contributed by atoms with van der Waals surface area (Å²) in [7, 11) is 0. The standard InChI is InChI=1S/C12H25NO/c1-3-11-7-5-8-12(11)13-9-6-10-14-4-2/h11-13H,3-10H2,1-2H3. The van der Waals surface area contributed by atoms with Crippen LogP contribution in [0.2, 0.25) is 0 Å². The van der Waals surface area contributed by atoms with Crippen molar-refractivity contribution in [3.8, 4) is 0 Å². The Kier molecular flexibility index (Phi) is 6.20. The first-order valence-corrected chi connectivity index (χ1v) is 6.19. The summed E-state index contributed by atoms with van der Waals surface area (Å²) in [5.74, 6) is 0.932. The molecule has 2 nitrogen and oxygen atoms in total. The maximum Gasteiger partial charge on any atom is 0.0477 e. The molecular weight excluding hydrogens is 174 g/mol. The van der Waals surface area contributed by atoms with Crippen molar-refractivity contribution < 1.29 is 4.74 Å². The summed E-state index contributed by atoms with van der Waals surface area (Å²) in [6, 6.07) is 0.793. The molecule has 0 spiro atoms. The second-order valence-corrected chi connectivity index (χ2v) is 4.21. The van der Waals surface area contributed by atoms with Gasteiger partial charge in [-0.2, -0.15) is 0 Å². The summed E-state index contributed by atoms with van der Waals surface area (Å²) in [6.45, 7) is 7.25. The SMILES string of the molecule is CCOCCCNC1CCCC1CC. The van der Waals surface area contributed by atoms with E-state index < -0.39 is 0 Å². The summed E-state index contributed by atoms with van der Waals surface area (Å²) >= 11 is 0. The topological polar surface area (TPSA) is 21.3 Å². The van der Waals surface area contributed by atoms with Gasteiger partial charge >= 0.3 is 0 Å². The highest BCUT2D eigenvalue weighted by molar-refractivity contribution is 4.81. The van der Waals surface area contributed by atoms with Crippen LogP contribution in [0, 0.1) is 5.92 Å². The Morgan fingerprint density at radius 2 is 2.14 bits per heavy atom. The van der Waals surface area contributed by atoms with Crippen LogP contribution in [0.4, 0.5) is 0 Å². The molecule has 0 radical (unpaired) electrons. The van der Waals surface area contributed by atoms with Gasteiger partial charge in [0.25, 0.3) is 0 Å². The van der Waals surface area contributed by atoms with Crippen molar-refractivity contribution in [2.24, 2.45) is 5.92 Å². The van der Waals surface area contributed by atoms with Crippen molar-refractivity contribution >= 4 is 0 Å². The van der Waals surface area contributed by atoms with E-state index in [1.54, 1.807) is 0 Å². The zero-order valence-electron chi connectivity index (χ0n) is 9.72. The van der Waals surface area contributed by atoms with Crippen LogP contribution in [0.25, 0.3) is 0 Å². The highest BCUT2D eigenvalue weighted by Gasteiger charge is 2.24. The van der Waals surface area contributed by atoms with E-state index in [0.717, 1.165) is 38.1 Å². The van der Waals surface area contributed by atoms with Crippen molar-refractivity contribution in [1.29, 1.82) is 0 Å². The summed E-state index contributed by atoms with van der Waals surface area (Å²) < 4.78 is 5.31. The molecule has 2 atom stereocenters. The fourth-order valence-electron chi connectivity index (χ4n) is 2.40. The maximum atomic E-state index is 5.31. The molecule has 1 aliphatic carbocycles. The molecular formula is C12H25NO. The number of hydrogen-bond donors (Lipinski definition) is 1. The molecule has 0 aliphatic heterocycles. The Hall–Kier alpha value is -0.0800. The van der Waals surface area contributed by atoms with Gasteiger partial charge < -0.3 is 10.1 Å². The first-order chi connectivity index (χ1) is 6.88. The fraction of sp³-hybridized carbons (Fsp3) is 1.00. The zero-order chi connectivity index (χ0) is 10.2. The van der Waals surface area contributed by atoms with Crippen LogP contribution in [-0.2, 0) is 4.74 Å². The van der Waals surface area contributed by atoms with E-state index in [4.69, 9.17) is 4.74 Å². The normalized spacial score (nSPS) is 27.0. The molecule has 0 heterocycles. The van der Waals surface area contributed by atoms with Crippen LogP contribution in [0.1, 0.15) is 46.0 Å². The number of nitrogens with one attached hydrogen (secondary N) is 1. The van der Waals surface area contributed by atoms with Crippen molar-refractivity contribution in [2.75, 3.05) is 19.8 Å². The van der Waals surface area contributed by atoms with Gasteiger partial charge in [0, 0.05) is 19.3 Å². The Morgan fingerprint density at radius 1 is 1.29 bits per heavy atom. The minimum atomic E-state index is 0.793. The van der Waals surface area contributed by atoms with Gasteiger partial charge in [0.15, 0.2) is 0 Å². The van der Waals surface area contributed by atoms with Crippen molar-refractivity contribution in [3.63, 3.8) is 0 Å². The molecule has 0 aromatic rings. The molecule has 1 fully saturated rings. The molecule has 1 rings (SSSR count). The lowest BCUT2D eigenvalue weighted by atomic mass is 10.0. The molecule has 0 amide bonds. The van der Waals surface area contributed by atoms with Gasteiger partial charge in [-0.15, -0.1) is 0 Å². The van der Waals surface area contributed by atoms with Gasteiger partial charge in [-0.1, -0.05) is 19.8 Å². The van der Waals surface area contributed by atoms with Crippen LogP contribution >= 0.6 is 0 Å². The predicted molar refractivity (Wildman–Crippen MR) is 60.5 cm³/mol. The maximum absolute atomic E-state index is 5.31. The molecule has 2 heteroatoms. The predicted octanol–water partition coefficient (Wildman–Crippen LogP) is 2.58. The average Bonchev–Trinajstić information content (AvgIpc) is 2.65. The van der Waals surface area contributed by atoms with Crippen molar-refractivity contribution in [2.45, 2.75) is 52.0 Å². The van der Waals surface area contributed by atoms with Crippen molar-refractivity contribution in [3.05, 3.63) is 0 Å². The molecule has 0 bridgehead atoms. The monoisotopic (exact) mass is 199 g/mol. The first-order valence-electron chi connectivity index (χ1n) is 6.19. The van der Waals surface area contributed by atoms with E-state index in [0.29, 0.717) is 0 Å². The van der Waals surface area contributed by atoms with Crippen LogP contribution in [-0.4, -0.2) is 25.8 Å². The molecule has 1 saturated carbocycles.